The molecular formula is C13H28. The van der Waals surface area contributed by atoms with Gasteiger partial charge < -0.3 is 0 Å². The first kappa shape index (κ1) is 13.0. The zero-order valence-electron chi connectivity index (χ0n) is 10.5. The van der Waals surface area contributed by atoms with Crippen molar-refractivity contribution in [3.05, 3.63) is 0 Å². The molecule has 0 aliphatic heterocycles. The van der Waals surface area contributed by atoms with Gasteiger partial charge >= 0.3 is 0 Å². The molecule has 0 radical (unpaired) electrons. The van der Waals surface area contributed by atoms with Crippen molar-refractivity contribution in [2.45, 2.75) is 67.2 Å². The molecule has 1 rings (SSSR count). The minimum absolute atomic E-state index is 0.550. The van der Waals surface area contributed by atoms with Gasteiger partial charge in [0.05, 0.1) is 0 Å². The Labute approximate surface area is 85.1 Å². The van der Waals surface area contributed by atoms with Crippen LogP contribution in [0.4, 0.5) is 0 Å². The van der Waals surface area contributed by atoms with Gasteiger partial charge in [-0.25, -0.2) is 0 Å². The second-order valence-electron chi connectivity index (χ2n) is 5.33. The highest BCUT2D eigenvalue weighted by molar-refractivity contribution is 4.79. The Kier molecular flexibility index (Phi) is 5.67. The van der Waals surface area contributed by atoms with Crippen LogP contribution in [0.1, 0.15) is 67.2 Å². The van der Waals surface area contributed by atoms with Crippen LogP contribution in [0.25, 0.3) is 0 Å². The Morgan fingerprint density at radius 3 is 1.85 bits per heavy atom. The maximum Gasteiger partial charge on any atom is -0.0354 e. The van der Waals surface area contributed by atoms with E-state index in [0.717, 1.165) is 11.8 Å². The largest absolute Gasteiger partial charge is 0.0683 e. The maximum absolute atomic E-state index is 2.40. The van der Waals surface area contributed by atoms with Gasteiger partial charge in [-0.1, -0.05) is 54.4 Å². The Hall–Kier alpha value is 0. The molecule has 0 N–H and O–H groups in total. The Bertz CT molecular complexity index is 118. The highest BCUT2D eigenvalue weighted by Crippen LogP contribution is 2.39. The zero-order valence-corrected chi connectivity index (χ0v) is 10.5. The van der Waals surface area contributed by atoms with E-state index < -0.39 is 0 Å². The first-order valence-corrected chi connectivity index (χ1v) is 6.00. The van der Waals surface area contributed by atoms with E-state index in [0.29, 0.717) is 5.41 Å². The highest BCUT2D eigenvalue weighted by atomic mass is 14.3. The van der Waals surface area contributed by atoms with Crippen molar-refractivity contribution in [3.8, 4) is 0 Å². The second-order valence-corrected chi connectivity index (χ2v) is 5.33. The van der Waals surface area contributed by atoms with Crippen LogP contribution in [0.5, 0.6) is 0 Å². The molecule has 1 aliphatic carbocycles. The summed E-state index contributed by atoms with van der Waals surface area (Å²) < 4.78 is 0. The molecule has 0 saturated heterocycles. The van der Waals surface area contributed by atoms with Gasteiger partial charge in [0.2, 0.25) is 0 Å². The van der Waals surface area contributed by atoms with E-state index >= 15 is 0 Å². The topological polar surface area (TPSA) is 0 Å². The fourth-order valence-corrected chi connectivity index (χ4v) is 2.22. The molecule has 0 aromatic carbocycles. The molecule has 0 aromatic rings. The minimum atomic E-state index is 0.550. The van der Waals surface area contributed by atoms with E-state index in [1.54, 1.807) is 0 Å². The molecule has 0 spiro atoms. The Morgan fingerprint density at radius 1 is 1.00 bits per heavy atom. The standard InChI is InChI=1S/C11H22.C2H6/c1-9-6-5-7-10(8-9)11(2,3)4;1-2/h9-10H,5-8H2,1-4H3;1-2H3. The normalized spacial score (nSPS) is 29.1. The molecule has 0 heteroatoms. The summed E-state index contributed by atoms with van der Waals surface area (Å²) in [5.74, 6) is 1.96. The number of hydrogen-bond donors (Lipinski definition) is 0. The molecule has 2 unspecified atom stereocenters. The van der Waals surface area contributed by atoms with Crippen LogP contribution in [-0.2, 0) is 0 Å². The molecule has 0 bridgehead atoms. The van der Waals surface area contributed by atoms with Crippen molar-refractivity contribution in [2.24, 2.45) is 17.3 Å². The van der Waals surface area contributed by atoms with Crippen molar-refractivity contribution in [1.29, 1.82) is 0 Å². The monoisotopic (exact) mass is 184 g/mol. The van der Waals surface area contributed by atoms with Gasteiger partial charge in [-0.15, -0.1) is 0 Å². The molecular weight excluding hydrogens is 156 g/mol. The molecule has 0 amide bonds. The number of hydrogen-bond acceptors (Lipinski definition) is 0. The first-order valence-electron chi connectivity index (χ1n) is 6.00. The Morgan fingerprint density at radius 2 is 1.54 bits per heavy atom. The van der Waals surface area contributed by atoms with Crippen molar-refractivity contribution in [2.75, 3.05) is 0 Å². The third-order valence-corrected chi connectivity index (χ3v) is 3.16. The van der Waals surface area contributed by atoms with Gasteiger partial charge in [0, 0.05) is 0 Å². The van der Waals surface area contributed by atoms with Crippen LogP contribution in [0.2, 0.25) is 0 Å². The molecule has 13 heavy (non-hydrogen) atoms. The van der Waals surface area contributed by atoms with E-state index in [2.05, 4.69) is 27.7 Å². The number of rotatable bonds is 0. The molecule has 1 saturated carbocycles. The van der Waals surface area contributed by atoms with Crippen molar-refractivity contribution in [1.82, 2.24) is 0 Å². The van der Waals surface area contributed by atoms with E-state index in [4.69, 9.17) is 0 Å². The fraction of sp³-hybridized carbons (Fsp3) is 1.00. The zero-order chi connectivity index (χ0) is 10.5. The molecule has 80 valence electrons. The van der Waals surface area contributed by atoms with Gasteiger partial charge in [0.15, 0.2) is 0 Å². The predicted molar refractivity (Wildman–Crippen MR) is 61.9 cm³/mol. The maximum atomic E-state index is 2.40. The van der Waals surface area contributed by atoms with E-state index in [-0.39, 0.29) is 0 Å². The summed E-state index contributed by atoms with van der Waals surface area (Å²) in [6, 6.07) is 0. The van der Waals surface area contributed by atoms with Crippen molar-refractivity contribution in [3.63, 3.8) is 0 Å². The first-order chi connectivity index (χ1) is 6.00. The summed E-state index contributed by atoms with van der Waals surface area (Å²) in [6.07, 6.45) is 5.85. The van der Waals surface area contributed by atoms with Crippen molar-refractivity contribution < 1.29 is 0 Å². The Balaban J connectivity index is 0.000000671. The molecule has 1 aliphatic rings. The van der Waals surface area contributed by atoms with Gasteiger partial charge in [-0.3, -0.25) is 0 Å². The van der Waals surface area contributed by atoms with Crippen LogP contribution in [0, 0.1) is 17.3 Å². The summed E-state index contributed by atoms with van der Waals surface area (Å²) >= 11 is 0. The van der Waals surface area contributed by atoms with Crippen LogP contribution in [-0.4, -0.2) is 0 Å². The van der Waals surface area contributed by atoms with Crippen LogP contribution < -0.4 is 0 Å². The van der Waals surface area contributed by atoms with Crippen LogP contribution in [0.3, 0.4) is 0 Å². The summed E-state index contributed by atoms with van der Waals surface area (Å²) in [7, 11) is 0. The van der Waals surface area contributed by atoms with Gasteiger partial charge in [0.25, 0.3) is 0 Å². The lowest BCUT2D eigenvalue weighted by Gasteiger charge is -2.36. The summed E-state index contributed by atoms with van der Waals surface area (Å²) in [5.41, 5.74) is 0.550. The average Bonchev–Trinajstić information content (AvgIpc) is 2.06. The van der Waals surface area contributed by atoms with Gasteiger partial charge in [-0.05, 0) is 30.1 Å². The second kappa shape index (κ2) is 5.67. The fourth-order valence-electron chi connectivity index (χ4n) is 2.22. The van der Waals surface area contributed by atoms with Crippen LogP contribution in [0.15, 0.2) is 0 Å². The minimum Gasteiger partial charge on any atom is -0.0683 e. The SMILES string of the molecule is CC.CC1CCCC(C(C)(C)C)C1. The highest BCUT2D eigenvalue weighted by Gasteiger charge is 2.28. The van der Waals surface area contributed by atoms with Crippen molar-refractivity contribution >= 4 is 0 Å². The molecule has 2 atom stereocenters. The lowest BCUT2D eigenvalue weighted by molar-refractivity contribution is 0.148. The molecule has 1 fully saturated rings. The van der Waals surface area contributed by atoms with Gasteiger partial charge in [0.1, 0.15) is 0 Å². The molecule has 0 heterocycles. The summed E-state index contributed by atoms with van der Waals surface area (Å²) in [4.78, 5) is 0. The lowest BCUT2D eigenvalue weighted by Crippen LogP contribution is -2.25. The van der Waals surface area contributed by atoms with E-state index in [1.807, 2.05) is 13.8 Å². The smallest absolute Gasteiger partial charge is 0.0354 e. The third kappa shape index (κ3) is 4.69. The van der Waals surface area contributed by atoms with Crippen LogP contribution >= 0.6 is 0 Å². The summed E-state index contributed by atoms with van der Waals surface area (Å²) in [5, 5.41) is 0. The lowest BCUT2D eigenvalue weighted by atomic mass is 9.69. The average molecular weight is 184 g/mol. The van der Waals surface area contributed by atoms with Gasteiger partial charge in [-0.2, -0.15) is 0 Å². The third-order valence-electron chi connectivity index (χ3n) is 3.16. The van der Waals surface area contributed by atoms with E-state index in [9.17, 15) is 0 Å². The molecule has 0 aromatic heterocycles. The summed E-state index contributed by atoms with van der Waals surface area (Å²) in [6.45, 7) is 13.6. The predicted octanol–water partition coefficient (Wildman–Crippen LogP) is 4.89. The van der Waals surface area contributed by atoms with E-state index in [1.165, 1.54) is 25.7 Å². The quantitative estimate of drug-likeness (QED) is 0.503. The molecule has 0 nitrogen and oxygen atoms in total.